The molecule has 0 saturated heterocycles. The number of hydrogen-bond acceptors (Lipinski definition) is 7. The molecule has 1 aromatic carbocycles. The summed E-state index contributed by atoms with van der Waals surface area (Å²) in [5.74, 6) is 0.223. The van der Waals surface area contributed by atoms with Crippen LogP contribution in [0.5, 0.6) is 0 Å². The first-order valence-corrected chi connectivity index (χ1v) is 10.7. The van der Waals surface area contributed by atoms with Gasteiger partial charge in [-0.25, -0.2) is 9.59 Å². The fraction of sp³-hybridized carbons (Fsp3) is 0.526. The Morgan fingerprint density at radius 2 is 1.97 bits per heavy atom. The summed E-state index contributed by atoms with van der Waals surface area (Å²) in [5, 5.41) is 20.4. The molecule has 176 valence electrons. The maximum absolute atomic E-state index is 12.8. The number of ether oxygens (including phenoxy) is 1. The summed E-state index contributed by atoms with van der Waals surface area (Å²) in [6.07, 6.45) is -0.232. The highest BCUT2D eigenvalue weighted by molar-refractivity contribution is 6.37. The standard InChI is InChI=1S/C19H26Cl2N6O5/c1-4-25(8-9-32-17(29)15(22-11-28)10-12(2)3)18(30)27-19(31)26(23-24-27)16-13(20)6-5-7-14(16)21/h5-7,11-12,15,17,29H,4,8-10H2,1-3H3,(H,22,28)/t15-,17?/m0/s1. The summed E-state index contributed by atoms with van der Waals surface area (Å²) >= 11 is 12.2. The van der Waals surface area contributed by atoms with Crippen LogP contribution in [0.25, 0.3) is 5.69 Å². The zero-order chi connectivity index (χ0) is 23.8. The van der Waals surface area contributed by atoms with E-state index in [1.165, 1.54) is 17.0 Å². The van der Waals surface area contributed by atoms with Gasteiger partial charge >= 0.3 is 11.7 Å². The molecule has 1 unspecified atom stereocenters. The van der Waals surface area contributed by atoms with Gasteiger partial charge in [-0.05, 0) is 41.8 Å². The number of amides is 2. The molecule has 1 aromatic heterocycles. The quantitative estimate of drug-likeness (QED) is 0.278. The van der Waals surface area contributed by atoms with Crippen LogP contribution in [0, 0.1) is 5.92 Å². The van der Waals surface area contributed by atoms with Gasteiger partial charge in [0.1, 0.15) is 5.69 Å². The minimum absolute atomic E-state index is 0.0326. The van der Waals surface area contributed by atoms with Crippen LogP contribution in [-0.2, 0) is 9.53 Å². The van der Waals surface area contributed by atoms with E-state index in [4.69, 9.17) is 27.9 Å². The largest absolute Gasteiger partial charge is 0.377 e. The zero-order valence-corrected chi connectivity index (χ0v) is 19.5. The summed E-state index contributed by atoms with van der Waals surface area (Å²) < 4.78 is 6.83. The smallest absolute Gasteiger partial charge is 0.366 e. The molecular formula is C19H26Cl2N6O5. The predicted octanol–water partition coefficient (Wildman–Crippen LogP) is 1.52. The van der Waals surface area contributed by atoms with Gasteiger partial charge in [-0.1, -0.05) is 43.1 Å². The molecule has 13 heteroatoms. The summed E-state index contributed by atoms with van der Waals surface area (Å²) in [6, 6.07) is 3.36. The predicted molar refractivity (Wildman–Crippen MR) is 118 cm³/mol. The van der Waals surface area contributed by atoms with Crippen LogP contribution in [-0.4, -0.2) is 74.3 Å². The molecule has 0 saturated carbocycles. The van der Waals surface area contributed by atoms with Crippen LogP contribution in [0.2, 0.25) is 10.0 Å². The second-order valence-electron chi connectivity index (χ2n) is 7.30. The van der Waals surface area contributed by atoms with Gasteiger partial charge in [0.15, 0.2) is 6.29 Å². The first-order chi connectivity index (χ1) is 15.2. The maximum Gasteiger partial charge on any atom is 0.377 e. The molecule has 0 aliphatic heterocycles. The lowest BCUT2D eigenvalue weighted by Gasteiger charge is -2.25. The Morgan fingerprint density at radius 3 is 2.53 bits per heavy atom. The number of aliphatic hydroxyl groups is 1. The van der Waals surface area contributed by atoms with Crippen LogP contribution in [0.4, 0.5) is 4.79 Å². The maximum atomic E-state index is 12.8. The van der Waals surface area contributed by atoms with E-state index in [9.17, 15) is 19.5 Å². The number of likely N-dealkylation sites (N-methyl/N-ethyl adjacent to an activating group) is 1. The third-order valence-corrected chi connectivity index (χ3v) is 5.18. The Bertz CT molecular complexity index is 959. The van der Waals surface area contributed by atoms with E-state index < -0.39 is 24.1 Å². The molecule has 0 aliphatic rings. The van der Waals surface area contributed by atoms with Crippen molar-refractivity contribution in [3.63, 3.8) is 0 Å². The number of carbonyl (C=O) groups excluding carboxylic acids is 2. The van der Waals surface area contributed by atoms with Gasteiger partial charge < -0.3 is 20.1 Å². The first kappa shape index (κ1) is 25.8. The van der Waals surface area contributed by atoms with Crippen molar-refractivity contribution >= 4 is 35.6 Å². The number of aliphatic hydroxyl groups excluding tert-OH is 1. The van der Waals surface area contributed by atoms with Crippen molar-refractivity contribution in [2.24, 2.45) is 5.92 Å². The molecule has 1 heterocycles. The number of rotatable bonds is 11. The van der Waals surface area contributed by atoms with E-state index in [2.05, 4.69) is 15.7 Å². The average Bonchev–Trinajstić information content (AvgIpc) is 3.11. The highest BCUT2D eigenvalue weighted by Crippen LogP contribution is 2.26. The first-order valence-electron chi connectivity index (χ1n) is 9.99. The molecule has 0 aliphatic carbocycles. The number of halogens is 2. The minimum Gasteiger partial charge on any atom is -0.366 e. The average molecular weight is 489 g/mol. The van der Waals surface area contributed by atoms with Gasteiger partial charge in [-0.15, -0.1) is 4.68 Å². The Labute approximate surface area is 194 Å². The molecule has 2 atom stereocenters. The molecule has 11 nitrogen and oxygen atoms in total. The molecule has 2 amide bonds. The monoisotopic (exact) mass is 488 g/mol. The zero-order valence-electron chi connectivity index (χ0n) is 17.9. The minimum atomic E-state index is -1.25. The number of hydrogen-bond donors (Lipinski definition) is 2. The van der Waals surface area contributed by atoms with Crippen molar-refractivity contribution in [1.82, 2.24) is 30.0 Å². The van der Waals surface area contributed by atoms with E-state index >= 15 is 0 Å². The lowest BCUT2D eigenvalue weighted by molar-refractivity contribution is -0.132. The van der Waals surface area contributed by atoms with Crippen molar-refractivity contribution in [2.75, 3.05) is 19.7 Å². The third-order valence-electron chi connectivity index (χ3n) is 4.57. The van der Waals surface area contributed by atoms with E-state index in [1.54, 1.807) is 13.0 Å². The lowest BCUT2D eigenvalue weighted by Crippen LogP contribution is -2.45. The molecule has 32 heavy (non-hydrogen) atoms. The number of aromatic nitrogens is 4. The molecule has 0 bridgehead atoms. The SMILES string of the molecule is CCN(CCOC(O)[C@H](CC(C)C)NC=O)C(=O)n1nnn(-c2c(Cl)cccc2Cl)c1=O. The molecule has 0 spiro atoms. The van der Waals surface area contributed by atoms with Crippen LogP contribution in [0.1, 0.15) is 27.2 Å². The topological polar surface area (TPSA) is 132 Å². The van der Waals surface area contributed by atoms with Crippen molar-refractivity contribution in [3.8, 4) is 5.69 Å². The highest BCUT2D eigenvalue weighted by atomic mass is 35.5. The normalized spacial score (nSPS) is 13.1. The second kappa shape index (κ2) is 12.0. The number of nitrogens with zero attached hydrogens (tertiary/aromatic N) is 5. The Hall–Kier alpha value is -2.47. The van der Waals surface area contributed by atoms with Crippen molar-refractivity contribution < 1.29 is 19.4 Å². The fourth-order valence-corrected chi connectivity index (χ4v) is 3.54. The van der Waals surface area contributed by atoms with Crippen molar-refractivity contribution in [1.29, 1.82) is 0 Å². The van der Waals surface area contributed by atoms with Crippen LogP contribution >= 0.6 is 23.2 Å². The Kier molecular flexibility index (Phi) is 9.63. The molecule has 2 N–H and O–H groups in total. The van der Waals surface area contributed by atoms with Gasteiger partial charge in [-0.3, -0.25) is 4.79 Å². The van der Waals surface area contributed by atoms with Gasteiger partial charge in [0, 0.05) is 13.1 Å². The van der Waals surface area contributed by atoms with E-state index in [0.29, 0.717) is 17.5 Å². The van der Waals surface area contributed by atoms with E-state index in [1.807, 2.05) is 13.8 Å². The van der Waals surface area contributed by atoms with Crippen molar-refractivity contribution in [3.05, 3.63) is 38.7 Å². The highest BCUT2D eigenvalue weighted by Gasteiger charge is 2.24. The summed E-state index contributed by atoms with van der Waals surface area (Å²) in [5.41, 5.74) is -0.718. The number of tetrazole rings is 1. The number of carbonyl (C=O) groups is 2. The van der Waals surface area contributed by atoms with Crippen LogP contribution in [0.3, 0.4) is 0 Å². The molecule has 2 aromatic rings. The summed E-state index contributed by atoms with van der Waals surface area (Å²) in [7, 11) is 0. The second-order valence-corrected chi connectivity index (χ2v) is 8.11. The van der Waals surface area contributed by atoms with Crippen LogP contribution in [0.15, 0.2) is 23.0 Å². The molecule has 2 rings (SSSR count). The summed E-state index contributed by atoms with van der Waals surface area (Å²) in [6.45, 7) is 5.88. The lowest BCUT2D eigenvalue weighted by atomic mass is 10.0. The molecule has 0 radical (unpaired) electrons. The van der Waals surface area contributed by atoms with Gasteiger partial charge in [-0.2, -0.15) is 4.68 Å². The van der Waals surface area contributed by atoms with E-state index in [0.717, 1.165) is 4.68 Å². The molecular weight excluding hydrogens is 463 g/mol. The van der Waals surface area contributed by atoms with Gasteiger partial charge in [0.2, 0.25) is 6.41 Å². The van der Waals surface area contributed by atoms with E-state index in [-0.39, 0.29) is 41.3 Å². The fourth-order valence-electron chi connectivity index (χ4n) is 2.98. The Balaban J connectivity index is 2.08. The number of benzene rings is 1. The van der Waals surface area contributed by atoms with Crippen molar-refractivity contribution in [2.45, 2.75) is 39.5 Å². The van der Waals surface area contributed by atoms with Crippen LogP contribution < -0.4 is 11.0 Å². The molecule has 0 fully saturated rings. The summed E-state index contributed by atoms with van der Waals surface area (Å²) in [4.78, 5) is 37.6. The van der Waals surface area contributed by atoms with Gasteiger partial charge in [0.25, 0.3) is 0 Å². The third kappa shape index (κ3) is 6.28. The van der Waals surface area contributed by atoms with Gasteiger partial charge in [0.05, 0.1) is 22.7 Å². The number of nitrogens with one attached hydrogen (secondary N) is 1. The Morgan fingerprint density at radius 1 is 1.31 bits per heavy atom. The number of para-hydroxylation sites is 1.